The van der Waals surface area contributed by atoms with Gasteiger partial charge in [0.2, 0.25) is 11.9 Å². The third-order valence-electron chi connectivity index (χ3n) is 6.47. The number of alkyl halides is 1. The van der Waals surface area contributed by atoms with E-state index in [0.29, 0.717) is 29.9 Å². The number of carbonyl (C=O) groups is 1. The molecule has 3 N–H and O–H groups in total. The number of hydrogen-bond acceptors (Lipinski definition) is 7. The van der Waals surface area contributed by atoms with Crippen molar-refractivity contribution in [1.82, 2.24) is 29.2 Å². The molecule has 34 heavy (non-hydrogen) atoms. The van der Waals surface area contributed by atoms with Crippen molar-refractivity contribution >= 4 is 34.4 Å². The normalized spacial score (nSPS) is 20.5. The highest BCUT2D eigenvalue weighted by molar-refractivity contribution is 5.93. The van der Waals surface area contributed by atoms with Crippen LogP contribution < -0.4 is 10.6 Å². The van der Waals surface area contributed by atoms with E-state index in [-0.39, 0.29) is 25.6 Å². The van der Waals surface area contributed by atoms with Crippen LogP contribution in [0.4, 0.5) is 21.8 Å². The fraction of sp³-hybridized carbons (Fsp3) is 0.478. The largest absolute Gasteiger partial charge is 0.376 e. The van der Waals surface area contributed by atoms with Crippen LogP contribution in [0.25, 0.3) is 11.0 Å². The lowest BCUT2D eigenvalue weighted by molar-refractivity contribution is -0.127. The molecule has 180 valence electrons. The molecular weight excluding hydrogens is 439 g/mol. The summed E-state index contributed by atoms with van der Waals surface area (Å²) in [4.78, 5) is 23.1. The van der Waals surface area contributed by atoms with Crippen molar-refractivity contribution in [3.8, 4) is 0 Å². The molecule has 1 saturated heterocycles. The van der Waals surface area contributed by atoms with Crippen molar-refractivity contribution in [1.29, 1.82) is 0 Å². The van der Waals surface area contributed by atoms with E-state index in [1.54, 1.807) is 20.3 Å². The average Bonchev–Trinajstić information content (AvgIpc) is 3.48. The number of anilines is 3. The van der Waals surface area contributed by atoms with Crippen molar-refractivity contribution in [2.75, 3.05) is 23.7 Å². The van der Waals surface area contributed by atoms with Crippen molar-refractivity contribution in [2.45, 2.75) is 57.6 Å². The minimum absolute atomic E-state index is 0.211. The van der Waals surface area contributed by atoms with Gasteiger partial charge in [-0.2, -0.15) is 15.1 Å². The first-order valence-corrected chi connectivity index (χ1v) is 11.6. The Morgan fingerprint density at radius 1 is 1.32 bits per heavy atom. The summed E-state index contributed by atoms with van der Waals surface area (Å²) in [6.07, 6.45) is 7.89. The Morgan fingerprint density at radius 3 is 2.82 bits per heavy atom. The van der Waals surface area contributed by atoms with Crippen molar-refractivity contribution < 1.29 is 14.3 Å². The smallest absolute Gasteiger partial charge is 0.246 e. The van der Waals surface area contributed by atoms with Gasteiger partial charge in [-0.05, 0) is 43.7 Å². The standard InChI is InChI=1S/C23H29FN8O2/c1-3-19(34)30-8-7-17(24)18(12-30)27-21-20-16(14-5-6-14)11-31(13-33)22(20)29-23(28-21)26-15-9-25-32(4-2)10-15/h3,9-11,14,17-18,33H,1,4-8,12-13H2,2H3,(H2,26,27,28,29)/t17-,18+/m1/s1. The highest BCUT2D eigenvalue weighted by Gasteiger charge is 2.34. The van der Waals surface area contributed by atoms with Gasteiger partial charge in [-0.15, -0.1) is 0 Å². The first kappa shape index (κ1) is 22.3. The Labute approximate surface area is 196 Å². The van der Waals surface area contributed by atoms with E-state index in [1.165, 1.54) is 6.08 Å². The zero-order valence-electron chi connectivity index (χ0n) is 19.1. The lowest BCUT2D eigenvalue weighted by Gasteiger charge is -2.35. The number of aliphatic hydroxyl groups excluding tert-OH is 1. The number of amides is 1. The number of aryl methyl sites for hydroxylation is 1. The minimum Gasteiger partial charge on any atom is -0.376 e. The molecule has 0 aromatic carbocycles. The van der Waals surface area contributed by atoms with E-state index in [4.69, 9.17) is 4.98 Å². The van der Waals surface area contributed by atoms with Gasteiger partial charge in [0.05, 0.1) is 23.3 Å². The van der Waals surface area contributed by atoms with Crippen LogP contribution in [0.2, 0.25) is 0 Å². The Morgan fingerprint density at radius 2 is 2.15 bits per heavy atom. The first-order valence-electron chi connectivity index (χ1n) is 11.6. The molecule has 5 rings (SSSR count). The van der Waals surface area contributed by atoms with E-state index < -0.39 is 12.2 Å². The molecule has 1 amide bonds. The van der Waals surface area contributed by atoms with Crippen LogP contribution in [0.1, 0.15) is 37.7 Å². The number of piperidine rings is 1. The summed E-state index contributed by atoms with van der Waals surface area (Å²) in [6, 6.07) is -0.629. The molecule has 2 atom stereocenters. The molecule has 11 heteroatoms. The van der Waals surface area contributed by atoms with Gasteiger partial charge in [0.15, 0.2) is 0 Å². The molecule has 1 aliphatic carbocycles. The van der Waals surface area contributed by atoms with Crippen LogP contribution in [0.3, 0.4) is 0 Å². The van der Waals surface area contributed by atoms with Gasteiger partial charge >= 0.3 is 0 Å². The lowest BCUT2D eigenvalue weighted by atomic mass is 10.0. The fourth-order valence-electron chi connectivity index (χ4n) is 4.48. The van der Waals surface area contributed by atoms with E-state index in [2.05, 4.69) is 27.3 Å². The molecule has 3 aromatic rings. The number of nitrogens with zero attached hydrogens (tertiary/aromatic N) is 6. The van der Waals surface area contributed by atoms with Crippen LogP contribution in [0.5, 0.6) is 0 Å². The summed E-state index contributed by atoms with van der Waals surface area (Å²) < 4.78 is 18.4. The van der Waals surface area contributed by atoms with Crippen LogP contribution in [-0.2, 0) is 18.1 Å². The van der Waals surface area contributed by atoms with Gasteiger partial charge in [-0.3, -0.25) is 9.48 Å². The molecule has 3 aromatic heterocycles. The predicted molar refractivity (Wildman–Crippen MR) is 127 cm³/mol. The van der Waals surface area contributed by atoms with Gasteiger partial charge in [-0.25, -0.2) is 4.39 Å². The zero-order chi connectivity index (χ0) is 23.8. The van der Waals surface area contributed by atoms with Crippen LogP contribution in [0, 0.1) is 0 Å². The average molecular weight is 469 g/mol. The molecular formula is C23H29FN8O2. The van der Waals surface area contributed by atoms with E-state index in [9.17, 15) is 14.3 Å². The maximum absolute atomic E-state index is 15.0. The summed E-state index contributed by atoms with van der Waals surface area (Å²) in [5.41, 5.74) is 2.33. The zero-order valence-corrected chi connectivity index (χ0v) is 19.1. The molecule has 0 unspecified atom stereocenters. The van der Waals surface area contributed by atoms with E-state index in [1.807, 2.05) is 19.3 Å². The second-order valence-electron chi connectivity index (χ2n) is 8.82. The van der Waals surface area contributed by atoms with Crippen molar-refractivity contribution in [2.24, 2.45) is 0 Å². The second kappa shape index (κ2) is 9.05. The maximum atomic E-state index is 15.0. The number of likely N-dealkylation sites (tertiary alicyclic amines) is 1. The van der Waals surface area contributed by atoms with Gasteiger partial charge in [0.25, 0.3) is 0 Å². The van der Waals surface area contributed by atoms with Gasteiger partial charge < -0.3 is 25.2 Å². The number of halogens is 1. The van der Waals surface area contributed by atoms with Crippen molar-refractivity contribution in [3.05, 3.63) is 36.8 Å². The number of fused-ring (bicyclic) bond motifs is 1. The molecule has 0 bridgehead atoms. The molecule has 2 aliphatic rings. The third-order valence-corrected chi connectivity index (χ3v) is 6.47. The number of aromatic nitrogens is 5. The Hall–Kier alpha value is -3.47. The minimum atomic E-state index is -1.14. The SMILES string of the molecule is C=CC(=O)N1CC[C@@H](F)[C@@H](Nc2nc(Nc3cnn(CC)c3)nc3c2c(C2CC2)cn3CO)C1. The topological polar surface area (TPSA) is 113 Å². The summed E-state index contributed by atoms with van der Waals surface area (Å²) in [7, 11) is 0. The fourth-order valence-corrected chi connectivity index (χ4v) is 4.48. The highest BCUT2D eigenvalue weighted by atomic mass is 19.1. The van der Waals surface area contributed by atoms with E-state index in [0.717, 1.165) is 36.0 Å². The summed E-state index contributed by atoms with van der Waals surface area (Å²) in [5, 5.41) is 21.5. The summed E-state index contributed by atoms with van der Waals surface area (Å²) in [5.74, 6) is 0.954. The molecule has 4 heterocycles. The Balaban J connectivity index is 1.54. The molecule has 1 saturated carbocycles. The monoisotopic (exact) mass is 468 g/mol. The molecule has 2 fully saturated rings. The maximum Gasteiger partial charge on any atom is 0.246 e. The van der Waals surface area contributed by atoms with Crippen LogP contribution in [-0.4, -0.2) is 65.5 Å². The molecule has 10 nitrogen and oxygen atoms in total. The first-order chi connectivity index (χ1) is 16.5. The quantitative estimate of drug-likeness (QED) is 0.436. The Kier molecular flexibility index (Phi) is 5.94. The Bertz CT molecular complexity index is 1220. The molecule has 0 radical (unpaired) electrons. The van der Waals surface area contributed by atoms with Crippen LogP contribution >= 0.6 is 0 Å². The molecule has 0 spiro atoms. The van der Waals surface area contributed by atoms with E-state index >= 15 is 0 Å². The van der Waals surface area contributed by atoms with Crippen LogP contribution in [0.15, 0.2) is 31.2 Å². The van der Waals surface area contributed by atoms with Crippen molar-refractivity contribution in [3.63, 3.8) is 0 Å². The number of hydrogen-bond donors (Lipinski definition) is 3. The summed E-state index contributed by atoms with van der Waals surface area (Å²) in [6.45, 7) is 6.60. The lowest BCUT2D eigenvalue weighted by Crippen LogP contribution is -2.50. The number of carbonyl (C=O) groups excluding carboxylic acids is 1. The number of rotatable bonds is 8. The predicted octanol–water partition coefficient (Wildman–Crippen LogP) is 2.76. The summed E-state index contributed by atoms with van der Waals surface area (Å²) >= 11 is 0. The molecule has 1 aliphatic heterocycles. The third kappa shape index (κ3) is 4.23. The second-order valence-corrected chi connectivity index (χ2v) is 8.82. The van der Waals surface area contributed by atoms with Gasteiger partial charge in [-0.1, -0.05) is 6.58 Å². The number of nitrogens with one attached hydrogen (secondary N) is 2. The number of aliphatic hydroxyl groups is 1. The van der Waals surface area contributed by atoms with Gasteiger partial charge in [0.1, 0.15) is 24.4 Å². The van der Waals surface area contributed by atoms with Gasteiger partial charge in [0, 0.05) is 32.0 Å². The highest BCUT2D eigenvalue weighted by Crippen LogP contribution is 2.45.